The van der Waals surface area contributed by atoms with Gasteiger partial charge in [0.1, 0.15) is 0 Å². The van der Waals surface area contributed by atoms with E-state index in [2.05, 4.69) is 0 Å². The molecule has 1 rings (SSSR count). The Bertz CT molecular complexity index is 281. The number of nitrogens with one attached hydrogen (secondary N) is 1. The summed E-state index contributed by atoms with van der Waals surface area (Å²) in [4.78, 5) is 32.2. The standard InChI is InChI=1S/C7H11N2O4P/c1-2-3-4-9-6(14(12)13)5(10)8-7(9)11/h6H,2-4H2,1H3,(H-,8,10,11,12,13)/p+1. The number of imide groups is 1. The molecule has 0 aromatic rings. The summed E-state index contributed by atoms with van der Waals surface area (Å²) >= 11 is 0. The first-order valence-corrected chi connectivity index (χ1v) is 5.62. The fraction of sp³-hybridized carbons (Fsp3) is 0.714. The largest absolute Gasteiger partial charge is 0.541 e. The average molecular weight is 219 g/mol. The first kappa shape index (κ1) is 11.1. The second-order valence-corrected chi connectivity index (χ2v) is 4.11. The topological polar surface area (TPSA) is 86.7 Å². The van der Waals surface area contributed by atoms with E-state index >= 15 is 0 Å². The van der Waals surface area contributed by atoms with Gasteiger partial charge in [0.25, 0.3) is 0 Å². The minimum Gasteiger partial charge on any atom is -0.272 e. The molecule has 2 atom stereocenters. The normalized spacial score (nSPS) is 22.6. The molecule has 1 aliphatic heterocycles. The van der Waals surface area contributed by atoms with Crippen LogP contribution in [0.4, 0.5) is 4.79 Å². The van der Waals surface area contributed by atoms with Crippen LogP contribution in [0, 0.1) is 0 Å². The number of hydrogen-bond donors (Lipinski definition) is 2. The Morgan fingerprint density at radius 1 is 1.57 bits per heavy atom. The number of hydrogen-bond acceptors (Lipinski definition) is 3. The zero-order valence-electron chi connectivity index (χ0n) is 7.77. The molecule has 0 aliphatic carbocycles. The van der Waals surface area contributed by atoms with Crippen molar-refractivity contribution in [3.63, 3.8) is 0 Å². The summed E-state index contributed by atoms with van der Waals surface area (Å²) in [5.74, 6) is -1.89. The maximum atomic E-state index is 11.2. The lowest BCUT2D eigenvalue weighted by molar-refractivity contribution is -0.119. The van der Waals surface area contributed by atoms with Crippen molar-refractivity contribution in [2.75, 3.05) is 6.54 Å². The summed E-state index contributed by atoms with van der Waals surface area (Å²) in [6.45, 7) is 2.27. The number of carbonyl (C=O) groups excluding carboxylic acids is 2. The van der Waals surface area contributed by atoms with Gasteiger partial charge >= 0.3 is 25.7 Å². The minimum atomic E-state index is -2.68. The van der Waals surface area contributed by atoms with E-state index in [1.807, 2.05) is 12.2 Å². The van der Waals surface area contributed by atoms with Crippen LogP contribution in [0.25, 0.3) is 0 Å². The molecule has 0 spiro atoms. The van der Waals surface area contributed by atoms with Crippen molar-refractivity contribution in [1.29, 1.82) is 0 Å². The number of rotatable bonds is 4. The van der Waals surface area contributed by atoms with Crippen molar-refractivity contribution in [1.82, 2.24) is 10.2 Å². The van der Waals surface area contributed by atoms with Crippen LogP contribution in [0.2, 0.25) is 0 Å². The fourth-order valence-electron chi connectivity index (χ4n) is 1.27. The Morgan fingerprint density at radius 2 is 2.21 bits per heavy atom. The molecule has 2 N–H and O–H groups in total. The van der Waals surface area contributed by atoms with E-state index in [0.717, 1.165) is 11.3 Å². The smallest absolute Gasteiger partial charge is 0.272 e. The SMILES string of the molecule is CCCCN1C(=O)NC(=O)C1[P+](=O)O. The molecule has 1 heterocycles. The number of amides is 3. The lowest BCUT2D eigenvalue weighted by Crippen LogP contribution is -2.33. The molecule has 1 fully saturated rings. The summed E-state index contributed by atoms with van der Waals surface area (Å²) in [5.41, 5.74) is 0. The van der Waals surface area contributed by atoms with E-state index < -0.39 is 25.7 Å². The van der Waals surface area contributed by atoms with Gasteiger partial charge in [-0.15, -0.1) is 0 Å². The zero-order chi connectivity index (χ0) is 10.7. The molecular formula is C7H12N2O4P+. The van der Waals surface area contributed by atoms with Crippen molar-refractivity contribution in [3.05, 3.63) is 0 Å². The lowest BCUT2D eigenvalue weighted by atomic mass is 10.3. The highest BCUT2D eigenvalue weighted by Gasteiger charge is 2.51. The van der Waals surface area contributed by atoms with Crippen LogP contribution < -0.4 is 5.32 Å². The van der Waals surface area contributed by atoms with Crippen LogP contribution in [-0.4, -0.2) is 34.1 Å². The van der Waals surface area contributed by atoms with Gasteiger partial charge in [0.2, 0.25) is 0 Å². The first-order valence-electron chi connectivity index (χ1n) is 4.34. The van der Waals surface area contributed by atoms with E-state index in [4.69, 9.17) is 4.89 Å². The molecule has 0 bridgehead atoms. The molecule has 0 saturated carbocycles. The van der Waals surface area contributed by atoms with Crippen molar-refractivity contribution in [2.24, 2.45) is 0 Å². The average Bonchev–Trinajstić information content (AvgIpc) is 2.37. The summed E-state index contributed by atoms with van der Waals surface area (Å²) in [7, 11) is -2.68. The Kier molecular flexibility index (Phi) is 3.55. The van der Waals surface area contributed by atoms with Gasteiger partial charge in [-0.3, -0.25) is 15.0 Å². The second kappa shape index (κ2) is 4.48. The zero-order valence-corrected chi connectivity index (χ0v) is 8.66. The van der Waals surface area contributed by atoms with E-state index in [-0.39, 0.29) is 0 Å². The van der Waals surface area contributed by atoms with E-state index in [1.165, 1.54) is 0 Å². The van der Waals surface area contributed by atoms with E-state index in [0.29, 0.717) is 13.0 Å². The van der Waals surface area contributed by atoms with Gasteiger partial charge in [0, 0.05) is 6.54 Å². The number of unbranched alkanes of at least 4 members (excludes halogenated alkanes) is 1. The van der Waals surface area contributed by atoms with Crippen LogP contribution in [0.1, 0.15) is 19.8 Å². The van der Waals surface area contributed by atoms with Crippen LogP contribution in [0.5, 0.6) is 0 Å². The predicted octanol–water partition coefficient (Wildman–Crippen LogP) is 0.399. The van der Waals surface area contributed by atoms with Crippen LogP contribution in [0.15, 0.2) is 0 Å². The summed E-state index contributed by atoms with van der Waals surface area (Å²) in [5, 5.41) is 2.01. The van der Waals surface area contributed by atoms with Crippen molar-refractivity contribution < 1.29 is 19.0 Å². The molecule has 7 heteroatoms. The highest BCUT2D eigenvalue weighted by molar-refractivity contribution is 7.40. The molecule has 2 unspecified atom stereocenters. The third kappa shape index (κ3) is 2.08. The van der Waals surface area contributed by atoms with Gasteiger partial charge in [-0.1, -0.05) is 13.3 Å². The third-order valence-corrected chi connectivity index (χ3v) is 2.91. The van der Waals surface area contributed by atoms with Gasteiger partial charge in [-0.25, -0.2) is 4.79 Å². The molecule has 14 heavy (non-hydrogen) atoms. The first-order chi connectivity index (χ1) is 6.57. The highest BCUT2D eigenvalue weighted by Crippen LogP contribution is 2.29. The van der Waals surface area contributed by atoms with Crippen LogP contribution in [0.3, 0.4) is 0 Å². The maximum Gasteiger partial charge on any atom is 0.541 e. The Hall–Kier alpha value is -1.00. The van der Waals surface area contributed by atoms with Gasteiger partial charge in [0.05, 0.1) is 0 Å². The third-order valence-electron chi connectivity index (χ3n) is 1.98. The number of carbonyl (C=O) groups is 2. The number of urea groups is 1. The summed E-state index contributed by atoms with van der Waals surface area (Å²) in [6.07, 6.45) is 1.56. The molecule has 0 radical (unpaired) electrons. The Morgan fingerprint density at radius 3 is 2.71 bits per heavy atom. The molecule has 78 valence electrons. The predicted molar refractivity (Wildman–Crippen MR) is 48.8 cm³/mol. The van der Waals surface area contributed by atoms with E-state index in [1.54, 1.807) is 0 Å². The summed E-state index contributed by atoms with van der Waals surface area (Å²) in [6, 6.07) is -0.578. The van der Waals surface area contributed by atoms with Crippen molar-refractivity contribution in [3.8, 4) is 0 Å². The van der Waals surface area contributed by atoms with Crippen LogP contribution in [-0.2, 0) is 9.36 Å². The fourth-order valence-corrected chi connectivity index (χ4v) is 1.99. The molecule has 3 amide bonds. The Balaban J connectivity index is 2.73. The van der Waals surface area contributed by atoms with Gasteiger partial charge in [-0.05, 0) is 11.0 Å². The molecular weight excluding hydrogens is 207 g/mol. The quantitative estimate of drug-likeness (QED) is 0.529. The molecule has 6 nitrogen and oxygen atoms in total. The molecule has 0 aromatic heterocycles. The van der Waals surface area contributed by atoms with Crippen molar-refractivity contribution >= 4 is 20.0 Å². The van der Waals surface area contributed by atoms with Gasteiger partial charge < -0.3 is 0 Å². The monoisotopic (exact) mass is 219 g/mol. The maximum absolute atomic E-state index is 11.2. The Labute approximate surface area is 82.1 Å². The minimum absolute atomic E-state index is 0.334. The van der Waals surface area contributed by atoms with Crippen molar-refractivity contribution in [2.45, 2.75) is 25.5 Å². The van der Waals surface area contributed by atoms with Gasteiger partial charge in [0.15, 0.2) is 0 Å². The lowest BCUT2D eigenvalue weighted by Gasteiger charge is -2.12. The van der Waals surface area contributed by atoms with Gasteiger partial charge in [-0.2, -0.15) is 4.89 Å². The second-order valence-electron chi connectivity index (χ2n) is 3.02. The van der Waals surface area contributed by atoms with Crippen LogP contribution >= 0.6 is 8.03 Å². The highest BCUT2D eigenvalue weighted by atomic mass is 31.1. The molecule has 1 saturated heterocycles. The molecule has 1 aliphatic rings. The summed E-state index contributed by atoms with van der Waals surface area (Å²) < 4.78 is 10.8. The number of nitrogens with zero attached hydrogens (tertiary/aromatic N) is 1. The van der Waals surface area contributed by atoms with E-state index in [9.17, 15) is 14.2 Å². The molecule has 0 aromatic carbocycles.